The maximum Gasteiger partial charge on any atom is 0.187 e. The van der Waals surface area contributed by atoms with Gasteiger partial charge in [0.05, 0.1) is 36.1 Å². The molecule has 3 fully saturated rings. The van der Waals surface area contributed by atoms with Gasteiger partial charge in [0, 0.05) is 0 Å². The van der Waals surface area contributed by atoms with E-state index in [-0.39, 0.29) is 18.8 Å². The number of aliphatic hydroxyl groups excluding tert-OH is 6. The molecule has 182 valence electrons. The second-order valence-corrected chi connectivity index (χ2v) is 10.3. The number of fused-ring (bicyclic) bond motifs is 1. The molecule has 0 aromatic rings. The first-order valence-electron chi connectivity index (χ1n) is 11.0. The Labute approximate surface area is 182 Å². The number of hydrogen-bond acceptors (Lipinski definition) is 10. The van der Waals surface area contributed by atoms with Gasteiger partial charge in [-0.25, -0.2) is 0 Å². The zero-order valence-electron chi connectivity index (χ0n) is 18.3. The van der Waals surface area contributed by atoms with Crippen LogP contribution in [0.3, 0.4) is 0 Å². The summed E-state index contributed by atoms with van der Waals surface area (Å²) in [6.45, 7) is 4.00. The molecule has 2 aliphatic carbocycles. The fraction of sp³-hybridized carbons (Fsp3) is 1.00. The van der Waals surface area contributed by atoms with E-state index in [9.17, 15) is 40.9 Å². The lowest BCUT2D eigenvalue weighted by molar-refractivity contribution is -0.329. The highest BCUT2D eigenvalue weighted by Crippen LogP contribution is 2.54. The lowest BCUT2D eigenvalue weighted by Crippen LogP contribution is -2.61. The van der Waals surface area contributed by atoms with Crippen LogP contribution in [0.25, 0.3) is 0 Å². The average Bonchev–Trinajstić information content (AvgIpc) is 2.84. The molecule has 1 saturated heterocycles. The molecule has 0 bridgehead atoms. The van der Waals surface area contributed by atoms with Gasteiger partial charge in [-0.15, -0.1) is 0 Å². The second kappa shape index (κ2) is 8.75. The van der Waals surface area contributed by atoms with Gasteiger partial charge in [0.1, 0.15) is 24.4 Å². The highest BCUT2D eigenvalue weighted by Gasteiger charge is 2.60. The average molecular weight is 451 g/mol. The molecule has 31 heavy (non-hydrogen) atoms. The van der Waals surface area contributed by atoms with Crippen LogP contribution in [-0.4, -0.2) is 108 Å². The van der Waals surface area contributed by atoms with E-state index in [1.165, 1.54) is 6.92 Å². The van der Waals surface area contributed by atoms with Gasteiger partial charge in [0.2, 0.25) is 0 Å². The molecule has 0 aromatic carbocycles. The van der Waals surface area contributed by atoms with Crippen LogP contribution in [0.5, 0.6) is 0 Å². The Morgan fingerprint density at radius 3 is 2.19 bits per heavy atom. The molecular formula is C21H38O10. The first kappa shape index (κ1) is 25.2. The second-order valence-electron chi connectivity index (χ2n) is 10.3. The van der Waals surface area contributed by atoms with E-state index in [0.29, 0.717) is 12.8 Å². The van der Waals surface area contributed by atoms with Crippen LogP contribution >= 0.6 is 0 Å². The Kier molecular flexibility index (Phi) is 7.12. The maximum absolute atomic E-state index is 11.1. The van der Waals surface area contributed by atoms with E-state index < -0.39 is 78.7 Å². The third-order valence-corrected chi connectivity index (χ3v) is 8.07. The van der Waals surface area contributed by atoms with Crippen molar-refractivity contribution in [1.29, 1.82) is 0 Å². The summed E-state index contributed by atoms with van der Waals surface area (Å²) in [6, 6.07) is 0. The molecule has 0 aromatic heterocycles. The van der Waals surface area contributed by atoms with Crippen molar-refractivity contribution >= 4 is 0 Å². The molecule has 3 rings (SSSR count). The van der Waals surface area contributed by atoms with Crippen molar-refractivity contribution in [3.8, 4) is 0 Å². The van der Waals surface area contributed by atoms with Gasteiger partial charge in [-0.05, 0) is 64.2 Å². The van der Waals surface area contributed by atoms with Crippen molar-refractivity contribution in [3.05, 3.63) is 0 Å². The summed E-state index contributed by atoms with van der Waals surface area (Å²) in [7, 11) is 0. The van der Waals surface area contributed by atoms with Crippen LogP contribution in [-0.2, 0) is 9.47 Å². The highest BCUT2D eigenvalue weighted by atomic mass is 16.7. The summed E-state index contributed by atoms with van der Waals surface area (Å²) < 4.78 is 11.5. The van der Waals surface area contributed by atoms with Crippen LogP contribution in [0.2, 0.25) is 0 Å². The first-order valence-corrected chi connectivity index (χ1v) is 11.0. The van der Waals surface area contributed by atoms with Crippen LogP contribution in [0.15, 0.2) is 0 Å². The van der Waals surface area contributed by atoms with E-state index >= 15 is 0 Å². The third kappa shape index (κ3) is 4.40. The number of rotatable bonds is 5. The van der Waals surface area contributed by atoms with E-state index in [4.69, 9.17) is 9.47 Å². The van der Waals surface area contributed by atoms with Crippen LogP contribution < -0.4 is 0 Å². The van der Waals surface area contributed by atoms with Crippen LogP contribution in [0, 0.1) is 17.8 Å². The largest absolute Gasteiger partial charge is 0.394 e. The van der Waals surface area contributed by atoms with Gasteiger partial charge in [0.25, 0.3) is 0 Å². The number of hydrogen-bond donors (Lipinski definition) is 8. The number of aliphatic hydroxyl groups is 8. The Morgan fingerprint density at radius 2 is 1.61 bits per heavy atom. The Balaban J connectivity index is 1.82. The third-order valence-electron chi connectivity index (χ3n) is 8.07. The van der Waals surface area contributed by atoms with E-state index in [0.717, 1.165) is 0 Å². The normalized spacial score (nSPS) is 51.4. The molecule has 10 heteroatoms. The van der Waals surface area contributed by atoms with E-state index in [2.05, 4.69) is 0 Å². The highest BCUT2D eigenvalue weighted by molar-refractivity contribution is 5.10. The van der Waals surface area contributed by atoms with Gasteiger partial charge >= 0.3 is 0 Å². The Morgan fingerprint density at radius 1 is 0.968 bits per heavy atom. The first-order chi connectivity index (χ1) is 14.3. The lowest BCUT2D eigenvalue weighted by Gasteiger charge is -2.45. The summed E-state index contributed by atoms with van der Waals surface area (Å²) >= 11 is 0. The van der Waals surface area contributed by atoms with Crippen molar-refractivity contribution in [1.82, 2.24) is 0 Å². The topological polar surface area (TPSA) is 180 Å². The minimum absolute atomic E-state index is 0.176. The summed E-state index contributed by atoms with van der Waals surface area (Å²) in [5.74, 6) is -1.25. The van der Waals surface area contributed by atoms with Crippen LogP contribution in [0.1, 0.15) is 46.5 Å². The van der Waals surface area contributed by atoms with Crippen LogP contribution in [0.4, 0.5) is 0 Å². The van der Waals surface area contributed by atoms with Gasteiger partial charge in [-0.1, -0.05) is 0 Å². The molecule has 2 saturated carbocycles. The summed E-state index contributed by atoms with van der Waals surface area (Å²) in [5, 5.41) is 82.1. The fourth-order valence-corrected chi connectivity index (χ4v) is 5.72. The minimum atomic E-state index is -1.56. The minimum Gasteiger partial charge on any atom is -0.394 e. The van der Waals surface area contributed by atoms with Crippen molar-refractivity contribution in [2.75, 3.05) is 13.2 Å². The zero-order valence-corrected chi connectivity index (χ0v) is 18.3. The van der Waals surface area contributed by atoms with Gasteiger partial charge in [-0.3, -0.25) is 0 Å². The quantitative estimate of drug-likeness (QED) is 0.230. The standard InChI is InChI=1S/C21H38O10/c1-19(2,31-18-17(27)16(26)15(25)13(8-22)30-18)10-4-5-21(29,9-23)12-7-14(24)20(3,28)11(12)6-10/h10-18,22-29H,4-9H2,1-3H3/t10?,11?,12?,13-,14?,15-,16+,17-,18+,20?,21?/m1/s1. The summed E-state index contributed by atoms with van der Waals surface area (Å²) in [4.78, 5) is 0. The van der Waals surface area contributed by atoms with Crippen molar-refractivity contribution in [2.24, 2.45) is 17.8 Å². The monoisotopic (exact) mass is 450 g/mol. The predicted octanol–water partition coefficient (Wildman–Crippen LogP) is -2.15. The molecule has 0 spiro atoms. The molecule has 6 unspecified atom stereocenters. The summed E-state index contributed by atoms with van der Waals surface area (Å²) in [6.07, 6.45) is -6.78. The van der Waals surface area contributed by atoms with E-state index in [1.54, 1.807) is 13.8 Å². The van der Waals surface area contributed by atoms with Gasteiger partial charge in [-0.2, -0.15) is 0 Å². The van der Waals surface area contributed by atoms with Crippen molar-refractivity contribution in [3.63, 3.8) is 0 Å². The maximum atomic E-state index is 11.1. The predicted molar refractivity (Wildman–Crippen MR) is 107 cm³/mol. The molecule has 10 nitrogen and oxygen atoms in total. The molecule has 0 amide bonds. The van der Waals surface area contributed by atoms with Gasteiger partial charge < -0.3 is 50.3 Å². The lowest BCUT2D eigenvalue weighted by atomic mass is 9.74. The molecule has 1 heterocycles. The van der Waals surface area contributed by atoms with Crippen molar-refractivity contribution in [2.45, 2.75) is 100 Å². The fourth-order valence-electron chi connectivity index (χ4n) is 5.72. The SMILES string of the molecule is CC(C)(O[C@@H]1O[C@H](CO)[C@@H](O)[C@H](O)[C@H]1O)C1CCC(O)(CO)C2CC(O)C(C)(O)C2C1. The molecule has 11 atom stereocenters. The zero-order chi connectivity index (χ0) is 23.4. The molecule has 1 aliphatic heterocycles. The molecular weight excluding hydrogens is 412 g/mol. The molecule has 3 aliphatic rings. The van der Waals surface area contributed by atoms with E-state index in [1.807, 2.05) is 0 Å². The Bertz CT molecular complexity index is 625. The number of ether oxygens (including phenoxy) is 2. The van der Waals surface area contributed by atoms with Gasteiger partial charge in [0.15, 0.2) is 6.29 Å². The summed E-state index contributed by atoms with van der Waals surface area (Å²) in [5.41, 5.74) is -3.86. The van der Waals surface area contributed by atoms with Crippen molar-refractivity contribution < 1.29 is 50.3 Å². The molecule has 8 N–H and O–H groups in total. The smallest absolute Gasteiger partial charge is 0.187 e. The Hall–Kier alpha value is -0.400. The molecule has 0 radical (unpaired) electrons.